The Bertz CT molecular complexity index is 769. The average molecular weight is 348 g/mol. The Morgan fingerprint density at radius 2 is 2.08 bits per heavy atom. The number of nitrogens with zero attached hydrogens (tertiary/aromatic N) is 4. The zero-order chi connectivity index (χ0) is 17.1. The molecule has 0 fully saturated rings. The maximum Gasteiger partial charge on any atom is 0.338 e. The van der Waals surface area contributed by atoms with Crippen molar-refractivity contribution in [1.29, 1.82) is 0 Å². The fourth-order valence-corrected chi connectivity index (χ4v) is 2.91. The number of nitrogens with one attached hydrogen (secondary N) is 1. The number of benzene rings is 1. The number of ether oxygens (including phenoxy) is 1. The summed E-state index contributed by atoms with van der Waals surface area (Å²) in [6.45, 7) is 4.14. The Morgan fingerprint density at radius 3 is 2.75 bits per heavy atom. The molecule has 0 radical (unpaired) electrons. The van der Waals surface area contributed by atoms with E-state index in [9.17, 15) is 4.79 Å². The van der Waals surface area contributed by atoms with Crippen LogP contribution in [-0.4, -0.2) is 32.8 Å². The number of carbonyl (C=O) groups is 1. The number of tetrazole rings is 1. The van der Waals surface area contributed by atoms with Crippen LogP contribution in [0.3, 0.4) is 0 Å². The summed E-state index contributed by atoms with van der Waals surface area (Å²) in [7, 11) is 0. The molecule has 1 aromatic carbocycles. The van der Waals surface area contributed by atoms with Crippen molar-refractivity contribution in [3.63, 3.8) is 0 Å². The summed E-state index contributed by atoms with van der Waals surface area (Å²) in [5.74, 6) is 0.140. The molecule has 8 heteroatoms. The molecule has 0 saturated heterocycles. The number of hydrogen-bond donors (Lipinski definition) is 1. The molecular weight excluding hydrogens is 330 g/mol. The van der Waals surface area contributed by atoms with Crippen LogP contribution in [0.25, 0.3) is 0 Å². The predicted octanol–water partition coefficient (Wildman–Crippen LogP) is 2.96. The standard InChI is InChI=1S/C16H18ClN5O2/c1-3-5-12-13(15(23)24-4-2)14(10-6-8-11(17)9-7-10)22-16(18-12)19-20-21-22/h6-9,14H,3-5H2,1-2H3,(H,18,19,21)/t14-/m0/s1. The van der Waals surface area contributed by atoms with E-state index < -0.39 is 6.04 Å². The molecule has 0 saturated carbocycles. The molecule has 2 aromatic rings. The zero-order valence-corrected chi connectivity index (χ0v) is 14.2. The molecule has 126 valence electrons. The van der Waals surface area contributed by atoms with Crippen LogP contribution < -0.4 is 5.32 Å². The van der Waals surface area contributed by atoms with E-state index in [2.05, 4.69) is 20.8 Å². The first-order valence-electron chi connectivity index (χ1n) is 7.86. The second-order valence-corrected chi connectivity index (χ2v) is 5.83. The highest BCUT2D eigenvalue weighted by Gasteiger charge is 2.35. The number of hydrogen-bond acceptors (Lipinski definition) is 6. The monoisotopic (exact) mass is 347 g/mol. The quantitative estimate of drug-likeness (QED) is 0.837. The molecule has 24 heavy (non-hydrogen) atoms. The van der Waals surface area contributed by atoms with Gasteiger partial charge in [0.05, 0.1) is 12.2 Å². The van der Waals surface area contributed by atoms with Crippen LogP contribution in [0.1, 0.15) is 38.3 Å². The molecule has 3 rings (SSSR count). The van der Waals surface area contributed by atoms with Gasteiger partial charge < -0.3 is 10.1 Å². The normalized spacial score (nSPS) is 16.5. The van der Waals surface area contributed by atoms with Crippen molar-refractivity contribution in [3.8, 4) is 0 Å². The fraction of sp³-hybridized carbons (Fsp3) is 0.375. The second kappa shape index (κ2) is 7.00. The molecule has 2 heterocycles. The maximum absolute atomic E-state index is 12.6. The van der Waals surface area contributed by atoms with Crippen molar-refractivity contribution in [2.75, 3.05) is 11.9 Å². The van der Waals surface area contributed by atoms with Crippen molar-refractivity contribution in [3.05, 3.63) is 46.1 Å². The minimum absolute atomic E-state index is 0.303. The number of rotatable bonds is 5. The Morgan fingerprint density at radius 1 is 1.33 bits per heavy atom. The summed E-state index contributed by atoms with van der Waals surface area (Å²) in [6.07, 6.45) is 1.57. The van der Waals surface area contributed by atoms with Gasteiger partial charge in [-0.1, -0.05) is 42.2 Å². The predicted molar refractivity (Wildman–Crippen MR) is 89.6 cm³/mol. The molecule has 7 nitrogen and oxygen atoms in total. The smallest absolute Gasteiger partial charge is 0.338 e. The van der Waals surface area contributed by atoms with Gasteiger partial charge in [-0.2, -0.15) is 4.68 Å². The van der Waals surface area contributed by atoms with E-state index >= 15 is 0 Å². The van der Waals surface area contributed by atoms with Crippen LogP contribution >= 0.6 is 11.6 Å². The largest absolute Gasteiger partial charge is 0.463 e. The Labute approximate surface area is 144 Å². The Balaban J connectivity index is 2.15. The van der Waals surface area contributed by atoms with Gasteiger partial charge in [-0.05, 0) is 41.5 Å². The summed E-state index contributed by atoms with van der Waals surface area (Å²) in [4.78, 5) is 12.6. The lowest BCUT2D eigenvalue weighted by Crippen LogP contribution is -2.30. The van der Waals surface area contributed by atoms with Crippen molar-refractivity contribution in [2.45, 2.75) is 32.7 Å². The van der Waals surface area contributed by atoms with Gasteiger partial charge in [0.1, 0.15) is 6.04 Å². The van der Waals surface area contributed by atoms with E-state index in [1.54, 1.807) is 23.7 Å². The van der Waals surface area contributed by atoms with E-state index in [0.717, 1.165) is 17.7 Å². The first-order chi connectivity index (χ1) is 11.7. The summed E-state index contributed by atoms with van der Waals surface area (Å²) >= 11 is 5.99. The molecule has 0 aliphatic carbocycles. The molecule has 1 aliphatic rings. The van der Waals surface area contributed by atoms with E-state index in [1.165, 1.54) is 0 Å². The van der Waals surface area contributed by atoms with Crippen LogP contribution in [-0.2, 0) is 9.53 Å². The van der Waals surface area contributed by atoms with Crippen LogP contribution in [0.15, 0.2) is 35.5 Å². The molecule has 1 atom stereocenters. The second-order valence-electron chi connectivity index (χ2n) is 5.39. The van der Waals surface area contributed by atoms with E-state index in [-0.39, 0.29) is 5.97 Å². The number of aromatic nitrogens is 4. The third-order valence-electron chi connectivity index (χ3n) is 3.78. The Hall–Kier alpha value is -2.41. The molecule has 1 N–H and O–H groups in total. The lowest BCUT2D eigenvalue weighted by atomic mass is 9.94. The highest BCUT2D eigenvalue weighted by atomic mass is 35.5. The molecule has 1 aliphatic heterocycles. The number of allylic oxidation sites excluding steroid dienone is 1. The van der Waals surface area contributed by atoms with Crippen LogP contribution in [0.5, 0.6) is 0 Å². The highest BCUT2D eigenvalue weighted by Crippen LogP contribution is 2.36. The van der Waals surface area contributed by atoms with Gasteiger partial charge in [-0.3, -0.25) is 0 Å². The van der Waals surface area contributed by atoms with Crippen molar-refractivity contribution >= 4 is 23.5 Å². The molecule has 0 amide bonds. The van der Waals surface area contributed by atoms with Gasteiger partial charge in [-0.25, -0.2) is 4.79 Å². The van der Waals surface area contributed by atoms with Gasteiger partial charge in [0.25, 0.3) is 0 Å². The van der Waals surface area contributed by atoms with E-state index in [1.807, 2.05) is 19.1 Å². The first-order valence-corrected chi connectivity index (χ1v) is 8.24. The van der Waals surface area contributed by atoms with Crippen LogP contribution in [0.2, 0.25) is 5.02 Å². The molecular formula is C16H18ClN5O2. The highest BCUT2D eigenvalue weighted by molar-refractivity contribution is 6.30. The summed E-state index contributed by atoms with van der Waals surface area (Å²) in [6, 6.07) is 6.85. The van der Waals surface area contributed by atoms with Crippen molar-refractivity contribution < 1.29 is 9.53 Å². The van der Waals surface area contributed by atoms with E-state index in [4.69, 9.17) is 16.3 Å². The van der Waals surface area contributed by atoms with Crippen LogP contribution in [0.4, 0.5) is 5.95 Å². The lowest BCUT2D eigenvalue weighted by molar-refractivity contribution is -0.139. The van der Waals surface area contributed by atoms with Gasteiger partial charge in [0, 0.05) is 10.7 Å². The number of esters is 1. The van der Waals surface area contributed by atoms with Crippen molar-refractivity contribution in [2.24, 2.45) is 0 Å². The number of anilines is 1. The Kier molecular flexibility index (Phi) is 4.80. The first kappa shape index (κ1) is 16.4. The minimum atomic E-state index is -0.450. The third kappa shape index (κ3) is 2.99. The molecule has 0 spiro atoms. The third-order valence-corrected chi connectivity index (χ3v) is 4.03. The number of halogens is 1. The van der Waals surface area contributed by atoms with Gasteiger partial charge >= 0.3 is 5.97 Å². The van der Waals surface area contributed by atoms with Gasteiger partial charge in [0.15, 0.2) is 0 Å². The lowest BCUT2D eigenvalue weighted by Gasteiger charge is -2.28. The van der Waals surface area contributed by atoms with Gasteiger partial charge in [-0.15, -0.1) is 0 Å². The minimum Gasteiger partial charge on any atom is -0.463 e. The SMILES string of the molecule is CCCC1=C(C(=O)OCC)[C@H](c2ccc(Cl)cc2)n2nnnc2N1. The maximum atomic E-state index is 12.6. The van der Waals surface area contributed by atoms with Crippen LogP contribution in [0, 0.1) is 0 Å². The topological polar surface area (TPSA) is 81.9 Å². The van der Waals surface area contributed by atoms with E-state index in [0.29, 0.717) is 29.6 Å². The zero-order valence-electron chi connectivity index (χ0n) is 13.5. The molecule has 1 aromatic heterocycles. The van der Waals surface area contributed by atoms with Crippen molar-refractivity contribution in [1.82, 2.24) is 20.2 Å². The van der Waals surface area contributed by atoms with Gasteiger partial charge in [0.2, 0.25) is 5.95 Å². The number of fused-ring (bicyclic) bond motifs is 1. The summed E-state index contributed by atoms with van der Waals surface area (Å²) < 4.78 is 6.87. The summed E-state index contributed by atoms with van der Waals surface area (Å²) in [5, 5.41) is 15.6. The molecule has 0 bridgehead atoms. The average Bonchev–Trinajstić information content (AvgIpc) is 3.03. The fourth-order valence-electron chi connectivity index (χ4n) is 2.78. The number of carbonyl (C=O) groups excluding carboxylic acids is 1. The molecule has 0 unspecified atom stereocenters. The summed E-state index contributed by atoms with van der Waals surface area (Å²) in [5.41, 5.74) is 2.19.